The Labute approximate surface area is 134 Å². The molecule has 2 unspecified atom stereocenters. The van der Waals surface area contributed by atoms with Gasteiger partial charge in [-0.2, -0.15) is 0 Å². The van der Waals surface area contributed by atoms with Crippen molar-refractivity contribution in [2.75, 3.05) is 0 Å². The highest BCUT2D eigenvalue weighted by molar-refractivity contribution is 9.11. The molecule has 0 spiro atoms. The fourth-order valence-electron chi connectivity index (χ4n) is 3.01. The molecule has 0 aliphatic heterocycles. The summed E-state index contributed by atoms with van der Waals surface area (Å²) in [6.07, 6.45) is 4.34. The van der Waals surface area contributed by atoms with E-state index in [2.05, 4.69) is 41.4 Å². The highest BCUT2D eigenvalue weighted by atomic mass is 79.9. The highest BCUT2D eigenvalue weighted by Gasteiger charge is 2.36. The van der Waals surface area contributed by atoms with Crippen LogP contribution in [0.1, 0.15) is 46.5 Å². The summed E-state index contributed by atoms with van der Waals surface area (Å²) >= 11 is 4.58. The van der Waals surface area contributed by atoms with Gasteiger partial charge in [0.05, 0.1) is 3.79 Å². The lowest BCUT2D eigenvalue weighted by molar-refractivity contribution is 0.144. The summed E-state index contributed by atoms with van der Waals surface area (Å²) in [5.41, 5.74) is 0.129. The van der Waals surface area contributed by atoms with Crippen LogP contribution in [-0.4, -0.2) is 14.5 Å². The van der Waals surface area contributed by atoms with Gasteiger partial charge in [0.25, 0.3) is 0 Å². The van der Waals surface area contributed by atoms with Gasteiger partial charge in [-0.25, -0.2) is 13.1 Å². The first-order chi connectivity index (χ1) is 9.20. The molecular weight excluding hydrogens is 358 g/mol. The van der Waals surface area contributed by atoms with Crippen molar-refractivity contribution in [1.29, 1.82) is 0 Å². The van der Waals surface area contributed by atoms with Gasteiger partial charge in [-0.1, -0.05) is 33.6 Å². The third-order valence-corrected chi connectivity index (χ3v) is 7.60. The van der Waals surface area contributed by atoms with Crippen LogP contribution >= 0.6 is 27.3 Å². The quantitative estimate of drug-likeness (QED) is 0.845. The lowest BCUT2D eigenvalue weighted by Crippen LogP contribution is -2.46. The van der Waals surface area contributed by atoms with Crippen molar-refractivity contribution in [3.63, 3.8) is 0 Å². The molecule has 6 heteroatoms. The van der Waals surface area contributed by atoms with Gasteiger partial charge in [0.15, 0.2) is 0 Å². The topological polar surface area (TPSA) is 46.2 Å². The summed E-state index contributed by atoms with van der Waals surface area (Å²) in [4.78, 5) is 0. The van der Waals surface area contributed by atoms with Gasteiger partial charge in [0.1, 0.15) is 4.21 Å². The largest absolute Gasteiger partial charge is 0.250 e. The van der Waals surface area contributed by atoms with Crippen LogP contribution in [-0.2, 0) is 10.0 Å². The number of sulfonamides is 1. The van der Waals surface area contributed by atoms with Crippen LogP contribution < -0.4 is 4.72 Å². The molecule has 1 aliphatic rings. The van der Waals surface area contributed by atoms with Gasteiger partial charge in [-0.05, 0) is 52.2 Å². The molecule has 1 N–H and O–H groups in total. The molecule has 3 nitrogen and oxygen atoms in total. The Morgan fingerprint density at radius 1 is 1.25 bits per heavy atom. The molecule has 2 atom stereocenters. The summed E-state index contributed by atoms with van der Waals surface area (Å²) in [5, 5.41) is 0. The fraction of sp³-hybridized carbons (Fsp3) is 0.714. The Morgan fingerprint density at radius 2 is 1.90 bits per heavy atom. The van der Waals surface area contributed by atoms with Gasteiger partial charge in [0.2, 0.25) is 10.0 Å². The number of hydrogen-bond donors (Lipinski definition) is 1. The van der Waals surface area contributed by atoms with E-state index in [9.17, 15) is 8.42 Å². The number of thiophene rings is 1. The summed E-state index contributed by atoms with van der Waals surface area (Å²) in [6.45, 7) is 6.60. The Balaban J connectivity index is 2.18. The van der Waals surface area contributed by atoms with Crippen molar-refractivity contribution >= 4 is 37.3 Å². The molecule has 0 bridgehead atoms. The van der Waals surface area contributed by atoms with Crippen LogP contribution in [0.3, 0.4) is 0 Å². The SMILES string of the molecule is CC(C)(C)C1CCCCC1NS(=O)(=O)c1ccc(Br)s1. The molecule has 0 aromatic carbocycles. The number of rotatable bonds is 3. The first-order valence-electron chi connectivity index (χ1n) is 6.98. The second kappa shape index (κ2) is 6.07. The summed E-state index contributed by atoms with van der Waals surface area (Å²) in [6, 6.07) is 3.49. The molecule has 2 rings (SSSR count). The molecule has 0 radical (unpaired) electrons. The average molecular weight is 380 g/mol. The zero-order valence-electron chi connectivity index (χ0n) is 12.1. The molecule has 0 amide bonds. The van der Waals surface area contributed by atoms with Gasteiger partial charge in [-0.3, -0.25) is 0 Å². The monoisotopic (exact) mass is 379 g/mol. The standard InChI is InChI=1S/C14H22BrNO2S2/c1-14(2,3)10-6-4-5-7-11(10)16-20(17,18)13-9-8-12(15)19-13/h8-11,16H,4-7H2,1-3H3. The van der Waals surface area contributed by atoms with Crippen LogP contribution in [0.5, 0.6) is 0 Å². The minimum absolute atomic E-state index is 0.0506. The molecule has 0 saturated heterocycles. The summed E-state index contributed by atoms with van der Waals surface area (Å²) in [7, 11) is -3.39. The Kier molecular flexibility index (Phi) is 4.99. The maximum absolute atomic E-state index is 12.5. The van der Waals surface area contributed by atoms with Crippen LogP contribution in [0.15, 0.2) is 20.1 Å². The molecule has 1 aromatic rings. The molecule has 1 aromatic heterocycles. The molecule has 1 fully saturated rings. The molecule has 1 saturated carbocycles. The lowest BCUT2D eigenvalue weighted by atomic mass is 9.70. The van der Waals surface area contributed by atoms with Gasteiger partial charge in [-0.15, -0.1) is 11.3 Å². The van der Waals surface area contributed by atoms with E-state index in [0.29, 0.717) is 10.1 Å². The fourth-order valence-corrected chi connectivity index (χ4v) is 6.35. The number of halogens is 1. The highest BCUT2D eigenvalue weighted by Crippen LogP contribution is 2.39. The third kappa shape index (κ3) is 3.84. The van der Waals surface area contributed by atoms with Crippen molar-refractivity contribution in [3.05, 3.63) is 15.9 Å². The van der Waals surface area contributed by atoms with Crippen molar-refractivity contribution < 1.29 is 8.42 Å². The Morgan fingerprint density at radius 3 is 2.45 bits per heavy atom. The predicted octanol–water partition coefficient (Wildman–Crippen LogP) is 4.39. The van der Waals surface area contributed by atoms with E-state index in [1.165, 1.54) is 17.8 Å². The van der Waals surface area contributed by atoms with Gasteiger partial charge < -0.3 is 0 Å². The van der Waals surface area contributed by atoms with Gasteiger partial charge in [0, 0.05) is 6.04 Å². The van der Waals surface area contributed by atoms with E-state index in [-0.39, 0.29) is 11.5 Å². The summed E-state index contributed by atoms with van der Waals surface area (Å²) < 4.78 is 29.1. The van der Waals surface area contributed by atoms with Gasteiger partial charge >= 0.3 is 0 Å². The average Bonchev–Trinajstić information content (AvgIpc) is 2.75. The molecular formula is C14H22BrNO2S2. The Bertz CT molecular complexity index is 560. The van der Waals surface area contributed by atoms with E-state index in [1.807, 2.05) is 0 Å². The minimum atomic E-state index is -3.39. The first-order valence-corrected chi connectivity index (χ1v) is 10.1. The maximum Gasteiger partial charge on any atom is 0.250 e. The van der Waals surface area contributed by atoms with Crippen molar-refractivity contribution in [2.24, 2.45) is 11.3 Å². The van der Waals surface area contributed by atoms with E-state index < -0.39 is 10.0 Å². The van der Waals surface area contributed by atoms with Crippen molar-refractivity contribution in [3.8, 4) is 0 Å². The maximum atomic E-state index is 12.5. The first kappa shape index (κ1) is 16.5. The lowest BCUT2D eigenvalue weighted by Gasteiger charge is -2.40. The smallest absolute Gasteiger partial charge is 0.207 e. The zero-order valence-corrected chi connectivity index (χ0v) is 15.4. The van der Waals surface area contributed by atoms with Crippen molar-refractivity contribution in [2.45, 2.75) is 56.7 Å². The van der Waals surface area contributed by atoms with E-state index in [4.69, 9.17) is 0 Å². The normalized spacial score (nSPS) is 24.8. The van der Waals surface area contributed by atoms with E-state index in [0.717, 1.165) is 23.0 Å². The minimum Gasteiger partial charge on any atom is -0.207 e. The number of nitrogens with one attached hydrogen (secondary N) is 1. The summed E-state index contributed by atoms with van der Waals surface area (Å²) in [5.74, 6) is 0.398. The van der Waals surface area contributed by atoms with Crippen molar-refractivity contribution in [1.82, 2.24) is 4.72 Å². The molecule has 1 heterocycles. The van der Waals surface area contributed by atoms with Crippen LogP contribution in [0.2, 0.25) is 0 Å². The van der Waals surface area contributed by atoms with Crippen LogP contribution in [0.4, 0.5) is 0 Å². The second-order valence-corrected chi connectivity index (χ2v) is 10.9. The zero-order chi connectivity index (χ0) is 15.0. The van der Waals surface area contributed by atoms with E-state index >= 15 is 0 Å². The van der Waals surface area contributed by atoms with E-state index in [1.54, 1.807) is 12.1 Å². The Hall–Kier alpha value is 0.0900. The molecule has 1 aliphatic carbocycles. The predicted molar refractivity (Wildman–Crippen MR) is 87.5 cm³/mol. The molecule has 20 heavy (non-hydrogen) atoms. The third-order valence-electron chi connectivity index (χ3n) is 4.00. The second-order valence-electron chi connectivity index (χ2n) is 6.54. The van der Waals surface area contributed by atoms with Crippen LogP contribution in [0.25, 0.3) is 0 Å². The number of hydrogen-bond acceptors (Lipinski definition) is 3. The molecule has 114 valence electrons. The van der Waals surface area contributed by atoms with Crippen LogP contribution in [0, 0.1) is 11.3 Å².